The van der Waals surface area contributed by atoms with E-state index in [1.807, 2.05) is 22.6 Å². The number of hydrogen-bond donors (Lipinski definition) is 3. The highest BCUT2D eigenvalue weighted by molar-refractivity contribution is 14.1. The van der Waals surface area contributed by atoms with Crippen molar-refractivity contribution < 1.29 is 5.11 Å². The minimum Gasteiger partial charge on any atom is -0.394 e. The molecule has 0 bridgehead atoms. The van der Waals surface area contributed by atoms with Crippen molar-refractivity contribution >= 4 is 28.4 Å². The first-order valence-corrected chi connectivity index (χ1v) is 7.26. The van der Waals surface area contributed by atoms with Gasteiger partial charge < -0.3 is 15.4 Å². The van der Waals surface area contributed by atoms with Crippen molar-refractivity contribution in [2.24, 2.45) is 5.92 Å². The summed E-state index contributed by atoms with van der Waals surface area (Å²) in [5.74, 6) is 1.15. The third-order valence-electron chi connectivity index (χ3n) is 3.57. The average Bonchev–Trinajstić information content (AvgIpc) is 2.35. The molecule has 5 nitrogen and oxygen atoms in total. The Morgan fingerprint density at radius 2 is 2.50 bits per heavy atom. The fourth-order valence-corrected chi connectivity index (χ4v) is 3.11. The van der Waals surface area contributed by atoms with Crippen molar-refractivity contribution in [3.63, 3.8) is 0 Å². The summed E-state index contributed by atoms with van der Waals surface area (Å²) in [5, 5.41) is 13.0. The summed E-state index contributed by atoms with van der Waals surface area (Å²) in [4.78, 5) is 18.2. The van der Waals surface area contributed by atoms with Gasteiger partial charge in [0.25, 0.3) is 5.56 Å². The maximum atomic E-state index is 11.5. The molecule has 3 N–H and O–H groups in total. The van der Waals surface area contributed by atoms with Crippen molar-refractivity contribution in [1.82, 2.24) is 9.97 Å². The molecule has 1 saturated carbocycles. The molecule has 6 heteroatoms. The molecule has 18 heavy (non-hydrogen) atoms. The molecule has 0 aromatic carbocycles. The second kappa shape index (κ2) is 5.56. The van der Waals surface area contributed by atoms with Crippen LogP contribution in [0.2, 0.25) is 0 Å². The summed E-state index contributed by atoms with van der Waals surface area (Å²) in [7, 11) is 0. The normalized spacial score (nSPS) is 28.1. The first kappa shape index (κ1) is 13.8. The van der Waals surface area contributed by atoms with Crippen LogP contribution in [0.4, 0.5) is 5.82 Å². The van der Waals surface area contributed by atoms with E-state index in [0.717, 1.165) is 19.3 Å². The number of H-pyrrole nitrogens is 1. The average molecular weight is 363 g/mol. The van der Waals surface area contributed by atoms with E-state index in [1.165, 1.54) is 12.7 Å². The van der Waals surface area contributed by atoms with Gasteiger partial charge in [0, 0.05) is 0 Å². The minimum absolute atomic E-state index is 0.0713. The van der Waals surface area contributed by atoms with Crippen molar-refractivity contribution in [3.8, 4) is 0 Å². The Morgan fingerprint density at radius 3 is 3.17 bits per heavy atom. The summed E-state index contributed by atoms with van der Waals surface area (Å²) < 4.78 is 0.543. The van der Waals surface area contributed by atoms with Crippen LogP contribution in [0.3, 0.4) is 0 Å². The van der Waals surface area contributed by atoms with Gasteiger partial charge in [-0.05, 0) is 41.4 Å². The van der Waals surface area contributed by atoms with Crippen LogP contribution in [0.1, 0.15) is 32.6 Å². The summed E-state index contributed by atoms with van der Waals surface area (Å²) in [5.41, 5.74) is -0.483. The molecule has 1 aromatic heterocycles. The lowest BCUT2D eigenvalue weighted by molar-refractivity contribution is 0.149. The zero-order valence-corrected chi connectivity index (χ0v) is 12.5. The number of nitrogens with one attached hydrogen (secondary N) is 2. The zero-order valence-electron chi connectivity index (χ0n) is 10.4. The van der Waals surface area contributed by atoms with E-state index in [0.29, 0.717) is 15.3 Å². The number of halogens is 1. The van der Waals surface area contributed by atoms with Gasteiger partial charge in [-0.1, -0.05) is 19.8 Å². The number of rotatable bonds is 3. The molecule has 2 unspecified atom stereocenters. The van der Waals surface area contributed by atoms with Gasteiger partial charge in [-0.2, -0.15) is 0 Å². The van der Waals surface area contributed by atoms with E-state index in [9.17, 15) is 9.90 Å². The number of aliphatic hydroxyl groups is 1. The summed E-state index contributed by atoms with van der Waals surface area (Å²) in [6, 6.07) is 0. The SMILES string of the molecule is CC1CCCC(CO)(Nc2nc[nH]c(=O)c2I)C1. The predicted molar refractivity (Wildman–Crippen MR) is 78.6 cm³/mol. The molecule has 1 aliphatic rings. The van der Waals surface area contributed by atoms with Gasteiger partial charge in [0.05, 0.1) is 18.5 Å². The molecule has 2 atom stereocenters. The molecule has 0 saturated heterocycles. The monoisotopic (exact) mass is 363 g/mol. The Bertz CT molecular complexity index is 477. The fourth-order valence-electron chi connectivity index (χ4n) is 2.68. The standard InChI is InChI=1S/C12H18IN3O2/c1-8-3-2-4-12(5-8,6-17)16-10-9(13)11(18)15-7-14-10/h7-8,17H,2-6H2,1H3,(H2,14,15,16,18). The Morgan fingerprint density at radius 1 is 1.72 bits per heavy atom. The van der Waals surface area contributed by atoms with Gasteiger partial charge in [-0.15, -0.1) is 0 Å². The molecular weight excluding hydrogens is 345 g/mol. The quantitative estimate of drug-likeness (QED) is 0.715. The lowest BCUT2D eigenvalue weighted by Crippen LogP contribution is -2.46. The highest BCUT2D eigenvalue weighted by atomic mass is 127. The topological polar surface area (TPSA) is 78.0 Å². The second-order valence-electron chi connectivity index (χ2n) is 5.16. The molecule has 0 amide bonds. The van der Waals surface area contributed by atoms with Crippen molar-refractivity contribution in [2.75, 3.05) is 11.9 Å². The smallest absolute Gasteiger partial charge is 0.266 e. The van der Waals surface area contributed by atoms with E-state index in [1.54, 1.807) is 0 Å². The Balaban J connectivity index is 2.24. The number of nitrogens with zero attached hydrogens (tertiary/aromatic N) is 1. The zero-order chi connectivity index (χ0) is 13.2. The van der Waals surface area contributed by atoms with Crippen LogP contribution in [0, 0.1) is 9.49 Å². The summed E-state index contributed by atoms with van der Waals surface area (Å²) >= 11 is 1.98. The van der Waals surface area contributed by atoms with E-state index in [-0.39, 0.29) is 17.7 Å². The van der Waals surface area contributed by atoms with Crippen LogP contribution < -0.4 is 10.9 Å². The molecule has 1 aliphatic carbocycles. The summed E-state index contributed by atoms with van der Waals surface area (Å²) in [6.07, 6.45) is 5.51. The molecule has 0 aliphatic heterocycles. The van der Waals surface area contributed by atoms with E-state index in [2.05, 4.69) is 22.2 Å². The van der Waals surface area contributed by atoms with Crippen LogP contribution in [-0.2, 0) is 0 Å². The number of hydrogen-bond acceptors (Lipinski definition) is 4. The molecule has 0 radical (unpaired) electrons. The van der Waals surface area contributed by atoms with Gasteiger partial charge >= 0.3 is 0 Å². The second-order valence-corrected chi connectivity index (χ2v) is 6.24. The van der Waals surface area contributed by atoms with Gasteiger partial charge in [-0.25, -0.2) is 4.98 Å². The molecule has 1 fully saturated rings. The van der Waals surface area contributed by atoms with E-state index >= 15 is 0 Å². The van der Waals surface area contributed by atoms with Crippen LogP contribution in [0.15, 0.2) is 11.1 Å². The minimum atomic E-state index is -0.335. The van der Waals surface area contributed by atoms with Crippen LogP contribution >= 0.6 is 22.6 Å². The van der Waals surface area contributed by atoms with E-state index in [4.69, 9.17) is 0 Å². The highest BCUT2D eigenvalue weighted by Crippen LogP contribution is 2.34. The molecule has 1 aromatic rings. The first-order chi connectivity index (χ1) is 8.56. The van der Waals surface area contributed by atoms with Gasteiger partial charge in [0.15, 0.2) is 0 Å². The third-order valence-corrected chi connectivity index (χ3v) is 4.58. The van der Waals surface area contributed by atoms with Gasteiger partial charge in [0.1, 0.15) is 9.39 Å². The number of aromatic nitrogens is 2. The van der Waals surface area contributed by atoms with Crippen molar-refractivity contribution in [3.05, 3.63) is 20.3 Å². The van der Waals surface area contributed by atoms with Crippen molar-refractivity contribution in [2.45, 2.75) is 38.1 Å². The number of aliphatic hydroxyl groups excluding tert-OH is 1. The van der Waals surface area contributed by atoms with Crippen LogP contribution in [-0.4, -0.2) is 27.2 Å². The number of aromatic amines is 1. The Kier molecular flexibility index (Phi) is 4.26. The molecule has 0 spiro atoms. The predicted octanol–water partition coefficient (Wildman–Crippen LogP) is 1.73. The van der Waals surface area contributed by atoms with Crippen LogP contribution in [0.25, 0.3) is 0 Å². The van der Waals surface area contributed by atoms with Crippen LogP contribution in [0.5, 0.6) is 0 Å². The lowest BCUT2D eigenvalue weighted by atomic mass is 9.77. The summed E-state index contributed by atoms with van der Waals surface area (Å²) in [6.45, 7) is 2.27. The van der Waals surface area contributed by atoms with E-state index < -0.39 is 0 Å². The maximum absolute atomic E-state index is 11.5. The van der Waals surface area contributed by atoms with Crippen molar-refractivity contribution in [1.29, 1.82) is 0 Å². The number of anilines is 1. The Hall–Kier alpha value is -0.630. The molecular formula is C12H18IN3O2. The first-order valence-electron chi connectivity index (χ1n) is 6.18. The molecule has 100 valence electrons. The van der Waals surface area contributed by atoms with Gasteiger partial charge in [-0.3, -0.25) is 4.79 Å². The Labute approximate surface area is 120 Å². The third kappa shape index (κ3) is 2.85. The fraction of sp³-hybridized carbons (Fsp3) is 0.667. The molecule has 1 heterocycles. The van der Waals surface area contributed by atoms with Gasteiger partial charge in [0.2, 0.25) is 0 Å². The lowest BCUT2D eigenvalue weighted by Gasteiger charge is -2.39. The molecule has 2 rings (SSSR count). The highest BCUT2D eigenvalue weighted by Gasteiger charge is 2.35. The maximum Gasteiger partial charge on any atom is 0.266 e. The largest absolute Gasteiger partial charge is 0.394 e.